The molecule has 3 N–H and O–H groups in total. The number of nitrogens with two attached hydrogens (primary N) is 1. The molecule has 2 amide bonds. The number of carbonyl (C=O) groups is 2. The molecular formula is C23H15Cl2N3O2. The number of primary amides is 1. The molecule has 0 radical (unpaired) electrons. The van der Waals surface area contributed by atoms with Gasteiger partial charge in [-0.15, -0.1) is 0 Å². The molecule has 3 aromatic carbocycles. The van der Waals surface area contributed by atoms with Gasteiger partial charge in [-0.2, -0.15) is 0 Å². The van der Waals surface area contributed by atoms with Crippen LogP contribution in [0.15, 0.2) is 72.8 Å². The Morgan fingerprint density at radius 2 is 1.60 bits per heavy atom. The van der Waals surface area contributed by atoms with Crippen LogP contribution in [0.25, 0.3) is 22.2 Å². The Labute approximate surface area is 182 Å². The highest BCUT2D eigenvalue weighted by Gasteiger charge is 2.17. The fourth-order valence-corrected chi connectivity index (χ4v) is 3.70. The molecule has 5 nitrogen and oxygen atoms in total. The zero-order chi connectivity index (χ0) is 21.3. The van der Waals surface area contributed by atoms with Gasteiger partial charge in [-0.3, -0.25) is 9.59 Å². The summed E-state index contributed by atoms with van der Waals surface area (Å²) < 4.78 is 0. The Morgan fingerprint density at radius 1 is 0.867 bits per heavy atom. The molecule has 0 aliphatic rings. The number of anilines is 1. The number of hydrogen-bond acceptors (Lipinski definition) is 3. The van der Waals surface area contributed by atoms with Crippen molar-refractivity contribution in [2.75, 3.05) is 5.32 Å². The number of fused-ring (bicyclic) bond motifs is 1. The van der Waals surface area contributed by atoms with Crippen LogP contribution in [0.1, 0.15) is 20.7 Å². The summed E-state index contributed by atoms with van der Waals surface area (Å²) in [7, 11) is 0. The van der Waals surface area contributed by atoms with Gasteiger partial charge in [0.05, 0.1) is 33.0 Å². The Bertz CT molecular complexity index is 1300. The Balaban J connectivity index is 1.84. The summed E-state index contributed by atoms with van der Waals surface area (Å²) in [5, 5.41) is 4.38. The van der Waals surface area contributed by atoms with Crippen molar-refractivity contribution < 1.29 is 9.59 Å². The monoisotopic (exact) mass is 435 g/mol. The standard InChI is InChI=1S/C23H15Cl2N3O2/c24-13-9-10-15(18(25)11-13)21-12-17(14-5-1-3-7-19(14)27-21)23(30)28-20-8-4-2-6-16(20)22(26)29/h1-12H,(H2,26,29)(H,28,30). The molecule has 0 fully saturated rings. The second-order valence-corrected chi connectivity index (χ2v) is 7.40. The van der Waals surface area contributed by atoms with E-state index in [-0.39, 0.29) is 5.56 Å². The highest BCUT2D eigenvalue weighted by atomic mass is 35.5. The summed E-state index contributed by atoms with van der Waals surface area (Å²) in [4.78, 5) is 29.5. The summed E-state index contributed by atoms with van der Waals surface area (Å²) in [5.41, 5.74) is 8.19. The van der Waals surface area contributed by atoms with E-state index in [1.165, 1.54) is 0 Å². The molecule has 7 heteroatoms. The van der Waals surface area contributed by atoms with Crippen molar-refractivity contribution >= 4 is 51.6 Å². The summed E-state index contributed by atoms with van der Waals surface area (Å²) >= 11 is 12.4. The fraction of sp³-hybridized carbons (Fsp3) is 0. The molecule has 0 saturated carbocycles. The minimum Gasteiger partial charge on any atom is -0.366 e. The van der Waals surface area contributed by atoms with Crippen molar-refractivity contribution in [3.63, 3.8) is 0 Å². The Kier molecular flexibility index (Phi) is 5.40. The molecule has 0 aliphatic heterocycles. The van der Waals surface area contributed by atoms with Gasteiger partial charge < -0.3 is 11.1 Å². The van der Waals surface area contributed by atoms with Crippen molar-refractivity contribution in [1.82, 2.24) is 4.98 Å². The van der Waals surface area contributed by atoms with Crippen LogP contribution in [0.2, 0.25) is 10.0 Å². The number of para-hydroxylation sites is 2. The molecule has 4 rings (SSSR count). The first-order valence-corrected chi connectivity index (χ1v) is 9.75. The molecule has 0 saturated heterocycles. The number of nitrogens with zero attached hydrogens (tertiary/aromatic N) is 1. The predicted molar refractivity (Wildman–Crippen MR) is 120 cm³/mol. The van der Waals surface area contributed by atoms with Gasteiger partial charge in [0.15, 0.2) is 0 Å². The number of nitrogens with one attached hydrogen (secondary N) is 1. The smallest absolute Gasteiger partial charge is 0.256 e. The van der Waals surface area contributed by atoms with Crippen LogP contribution in [0.3, 0.4) is 0 Å². The lowest BCUT2D eigenvalue weighted by Gasteiger charge is -2.13. The molecule has 1 aromatic heterocycles. The SMILES string of the molecule is NC(=O)c1ccccc1NC(=O)c1cc(-c2ccc(Cl)cc2Cl)nc2ccccc12. The topological polar surface area (TPSA) is 85.1 Å². The lowest BCUT2D eigenvalue weighted by Crippen LogP contribution is -2.18. The van der Waals surface area contributed by atoms with E-state index in [2.05, 4.69) is 10.3 Å². The maximum Gasteiger partial charge on any atom is 0.256 e. The highest BCUT2D eigenvalue weighted by Crippen LogP contribution is 2.32. The van der Waals surface area contributed by atoms with E-state index < -0.39 is 11.8 Å². The number of pyridine rings is 1. The normalized spacial score (nSPS) is 10.7. The Hall–Kier alpha value is -3.41. The van der Waals surface area contributed by atoms with Crippen molar-refractivity contribution in [3.8, 4) is 11.3 Å². The van der Waals surface area contributed by atoms with Crippen LogP contribution < -0.4 is 11.1 Å². The van der Waals surface area contributed by atoms with Gasteiger partial charge in [0.25, 0.3) is 11.8 Å². The van der Waals surface area contributed by atoms with Gasteiger partial charge >= 0.3 is 0 Å². The first kappa shape index (κ1) is 19.9. The summed E-state index contributed by atoms with van der Waals surface area (Å²) in [6.07, 6.45) is 0. The maximum atomic E-state index is 13.2. The lowest BCUT2D eigenvalue weighted by atomic mass is 10.0. The third-order valence-electron chi connectivity index (χ3n) is 4.61. The molecule has 1 heterocycles. The minimum absolute atomic E-state index is 0.227. The molecule has 148 valence electrons. The predicted octanol–water partition coefficient (Wildman–Crippen LogP) is 5.56. The lowest BCUT2D eigenvalue weighted by molar-refractivity contribution is 0.100. The second kappa shape index (κ2) is 8.14. The molecular weight excluding hydrogens is 421 g/mol. The van der Waals surface area contributed by atoms with Crippen molar-refractivity contribution in [2.24, 2.45) is 5.73 Å². The molecule has 0 atom stereocenters. The minimum atomic E-state index is -0.626. The van der Waals surface area contributed by atoms with Crippen LogP contribution in [-0.2, 0) is 0 Å². The largest absolute Gasteiger partial charge is 0.366 e. The second-order valence-electron chi connectivity index (χ2n) is 6.56. The number of hydrogen-bond donors (Lipinski definition) is 2. The summed E-state index contributed by atoms with van der Waals surface area (Å²) in [6, 6.07) is 20.6. The van der Waals surface area contributed by atoms with Gasteiger partial charge in [-0.05, 0) is 42.5 Å². The van der Waals surface area contributed by atoms with Crippen LogP contribution in [0, 0.1) is 0 Å². The Morgan fingerprint density at radius 3 is 2.37 bits per heavy atom. The van der Waals surface area contributed by atoms with Gasteiger partial charge in [0.1, 0.15) is 0 Å². The number of carbonyl (C=O) groups excluding carboxylic acids is 2. The number of rotatable bonds is 4. The van der Waals surface area contributed by atoms with Crippen LogP contribution in [0.4, 0.5) is 5.69 Å². The maximum absolute atomic E-state index is 13.2. The van der Waals surface area contributed by atoms with E-state index in [1.54, 1.807) is 48.5 Å². The average Bonchev–Trinajstić information content (AvgIpc) is 2.73. The molecule has 0 spiro atoms. The molecule has 4 aromatic rings. The molecule has 0 aliphatic carbocycles. The molecule has 0 bridgehead atoms. The quantitative estimate of drug-likeness (QED) is 0.439. The van der Waals surface area contributed by atoms with Crippen molar-refractivity contribution in [1.29, 1.82) is 0 Å². The van der Waals surface area contributed by atoms with Crippen LogP contribution in [0.5, 0.6) is 0 Å². The van der Waals surface area contributed by atoms with Crippen molar-refractivity contribution in [2.45, 2.75) is 0 Å². The van der Waals surface area contributed by atoms with Crippen LogP contribution >= 0.6 is 23.2 Å². The van der Waals surface area contributed by atoms with Gasteiger partial charge in [0, 0.05) is 16.0 Å². The first-order chi connectivity index (χ1) is 14.4. The number of halogens is 2. The van der Waals surface area contributed by atoms with E-state index in [1.807, 2.05) is 24.3 Å². The fourth-order valence-electron chi connectivity index (χ4n) is 3.20. The number of amides is 2. The third-order valence-corrected chi connectivity index (χ3v) is 5.16. The van der Waals surface area contributed by atoms with E-state index in [0.717, 1.165) is 0 Å². The number of benzene rings is 3. The molecule has 30 heavy (non-hydrogen) atoms. The first-order valence-electron chi connectivity index (χ1n) is 8.99. The third kappa shape index (κ3) is 3.85. The average molecular weight is 436 g/mol. The highest BCUT2D eigenvalue weighted by molar-refractivity contribution is 6.36. The zero-order valence-electron chi connectivity index (χ0n) is 15.5. The van der Waals surface area contributed by atoms with E-state index in [0.29, 0.717) is 43.5 Å². The van der Waals surface area contributed by atoms with E-state index >= 15 is 0 Å². The summed E-state index contributed by atoms with van der Waals surface area (Å²) in [6.45, 7) is 0. The summed E-state index contributed by atoms with van der Waals surface area (Å²) in [5.74, 6) is -1.02. The number of aromatic nitrogens is 1. The van der Waals surface area contributed by atoms with E-state index in [4.69, 9.17) is 28.9 Å². The van der Waals surface area contributed by atoms with Crippen LogP contribution in [-0.4, -0.2) is 16.8 Å². The van der Waals surface area contributed by atoms with Gasteiger partial charge in [-0.1, -0.05) is 53.5 Å². The van der Waals surface area contributed by atoms with Gasteiger partial charge in [0.2, 0.25) is 0 Å². The molecule has 0 unspecified atom stereocenters. The zero-order valence-corrected chi connectivity index (χ0v) is 17.0. The van der Waals surface area contributed by atoms with Gasteiger partial charge in [-0.25, -0.2) is 4.98 Å². The van der Waals surface area contributed by atoms with E-state index in [9.17, 15) is 9.59 Å². The van der Waals surface area contributed by atoms with Crippen molar-refractivity contribution in [3.05, 3.63) is 94.0 Å².